The number of Topliss-reactive ketones (excluding diaryl/α,β-unsaturated/α-hetero) is 1. The van der Waals surface area contributed by atoms with E-state index in [1.807, 2.05) is 24.3 Å². The van der Waals surface area contributed by atoms with E-state index >= 15 is 0 Å². The molecule has 0 saturated heterocycles. The van der Waals surface area contributed by atoms with E-state index in [9.17, 15) is 4.79 Å². The molecule has 0 atom stereocenters. The Morgan fingerprint density at radius 1 is 1.33 bits per heavy atom. The molecule has 2 aromatic heterocycles. The molecule has 0 spiro atoms. The first-order valence-electron chi connectivity index (χ1n) is 6.84. The quantitative estimate of drug-likeness (QED) is 0.734. The number of rotatable bonds is 5. The second-order valence-electron chi connectivity index (χ2n) is 4.69. The lowest BCUT2D eigenvalue weighted by Gasteiger charge is -2.04. The van der Waals surface area contributed by atoms with Crippen LogP contribution >= 0.6 is 11.3 Å². The minimum absolute atomic E-state index is 0.0176. The minimum atomic E-state index is -0.0176. The number of nitrogens with zero attached hydrogens (tertiary/aromatic N) is 3. The predicted octanol–water partition coefficient (Wildman–Crippen LogP) is 2.40. The van der Waals surface area contributed by atoms with Crippen molar-refractivity contribution in [1.82, 2.24) is 14.5 Å². The van der Waals surface area contributed by atoms with Gasteiger partial charge in [-0.25, -0.2) is 9.97 Å². The van der Waals surface area contributed by atoms with Crippen LogP contribution < -0.4 is 5.73 Å². The van der Waals surface area contributed by atoms with E-state index in [-0.39, 0.29) is 12.2 Å². The second kappa shape index (κ2) is 5.75. The average Bonchev–Trinajstić information content (AvgIpc) is 3.11. The van der Waals surface area contributed by atoms with Crippen molar-refractivity contribution in [2.24, 2.45) is 5.73 Å². The Balaban J connectivity index is 1.92. The first-order chi connectivity index (χ1) is 10.2. The molecule has 3 rings (SSSR count). The second-order valence-corrected chi connectivity index (χ2v) is 5.63. The van der Waals surface area contributed by atoms with Gasteiger partial charge in [-0.05, 0) is 19.1 Å². The topological polar surface area (TPSA) is 73.8 Å². The van der Waals surface area contributed by atoms with E-state index in [0.29, 0.717) is 12.2 Å². The number of aromatic nitrogens is 3. The number of carbonyl (C=O) groups is 1. The van der Waals surface area contributed by atoms with E-state index < -0.39 is 0 Å². The van der Waals surface area contributed by atoms with E-state index in [1.54, 1.807) is 5.38 Å². The van der Waals surface area contributed by atoms with Crippen molar-refractivity contribution < 1.29 is 4.79 Å². The highest BCUT2D eigenvalue weighted by atomic mass is 32.1. The van der Waals surface area contributed by atoms with Gasteiger partial charge in [-0.15, -0.1) is 11.3 Å². The molecule has 0 aliphatic rings. The number of aryl methyl sites for hydroxylation is 1. The Hall–Kier alpha value is -2.05. The van der Waals surface area contributed by atoms with Crippen molar-refractivity contribution in [1.29, 1.82) is 0 Å². The van der Waals surface area contributed by atoms with Gasteiger partial charge in [-0.2, -0.15) is 0 Å². The Labute approximate surface area is 126 Å². The Kier molecular flexibility index (Phi) is 3.81. The van der Waals surface area contributed by atoms with E-state index in [4.69, 9.17) is 5.73 Å². The fourth-order valence-corrected chi connectivity index (χ4v) is 3.06. The van der Waals surface area contributed by atoms with Crippen molar-refractivity contribution in [3.8, 4) is 0 Å². The molecule has 0 unspecified atom stereocenters. The molecule has 1 aromatic carbocycles. The molecule has 108 valence electrons. The van der Waals surface area contributed by atoms with Gasteiger partial charge in [0.2, 0.25) is 0 Å². The number of hydrogen-bond donors (Lipinski definition) is 1. The number of carbonyl (C=O) groups excluding carboxylic acids is 1. The van der Waals surface area contributed by atoms with Gasteiger partial charge in [-0.1, -0.05) is 12.1 Å². The average molecular weight is 300 g/mol. The zero-order chi connectivity index (χ0) is 14.8. The van der Waals surface area contributed by atoms with Gasteiger partial charge in [0.1, 0.15) is 16.5 Å². The molecular formula is C15H16N4OS. The van der Waals surface area contributed by atoms with Crippen LogP contribution in [0.4, 0.5) is 0 Å². The van der Waals surface area contributed by atoms with Crippen molar-refractivity contribution >= 4 is 28.2 Å². The number of thiazole rings is 1. The SMILES string of the molecule is CCn1c(CC(=O)c2csc(CN)n2)nc2ccccc21. The number of imidazole rings is 1. The van der Waals surface area contributed by atoms with Gasteiger partial charge in [0.15, 0.2) is 5.78 Å². The van der Waals surface area contributed by atoms with Crippen LogP contribution in [0.1, 0.15) is 28.2 Å². The van der Waals surface area contributed by atoms with Crippen molar-refractivity contribution in [3.05, 3.63) is 46.2 Å². The molecule has 0 amide bonds. The summed E-state index contributed by atoms with van der Waals surface area (Å²) in [5.74, 6) is 0.766. The monoisotopic (exact) mass is 300 g/mol. The van der Waals surface area contributed by atoms with Crippen LogP contribution in [0.2, 0.25) is 0 Å². The van der Waals surface area contributed by atoms with Crippen LogP contribution in [-0.4, -0.2) is 20.3 Å². The van der Waals surface area contributed by atoms with E-state index in [0.717, 1.165) is 28.4 Å². The lowest BCUT2D eigenvalue weighted by Crippen LogP contribution is -2.10. The molecule has 2 heterocycles. The fraction of sp³-hybridized carbons (Fsp3) is 0.267. The maximum atomic E-state index is 12.3. The highest BCUT2D eigenvalue weighted by Gasteiger charge is 2.16. The lowest BCUT2D eigenvalue weighted by molar-refractivity contribution is 0.0985. The molecule has 2 N–H and O–H groups in total. The van der Waals surface area contributed by atoms with Gasteiger partial charge in [0, 0.05) is 18.5 Å². The molecule has 0 aliphatic carbocycles. The first kappa shape index (κ1) is 13.9. The molecular weight excluding hydrogens is 284 g/mol. The number of ketones is 1. The minimum Gasteiger partial charge on any atom is -0.328 e. The van der Waals surface area contributed by atoms with Crippen LogP contribution in [0.5, 0.6) is 0 Å². The van der Waals surface area contributed by atoms with Crippen LogP contribution in [0.15, 0.2) is 29.6 Å². The van der Waals surface area contributed by atoms with Crippen LogP contribution in [0.25, 0.3) is 11.0 Å². The van der Waals surface area contributed by atoms with Gasteiger partial charge >= 0.3 is 0 Å². The highest BCUT2D eigenvalue weighted by Crippen LogP contribution is 2.18. The van der Waals surface area contributed by atoms with E-state index in [2.05, 4.69) is 21.5 Å². The van der Waals surface area contributed by atoms with Gasteiger partial charge in [0.25, 0.3) is 0 Å². The first-order valence-corrected chi connectivity index (χ1v) is 7.72. The van der Waals surface area contributed by atoms with Crippen LogP contribution in [-0.2, 0) is 19.5 Å². The lowest BCUT2D eigenvalue weighted by atomic mass is 10.2. The number of fused-ring (bicyclic) bond motifs is 1. The summed E-state index contributed by atoms with van der Waals surface area (Å²) in [5, 5.41) is 2.55. The summed E-state index contributed by atoms with van der Waals surface area (Å²) in [6, 6.07) is 7.92. The zero-order valence-corrected chi connectivity index (χ0v) is 12.6. The third-order valence-corrected chi connectivity index (χ3v) is 4.25. The Morgan fingerprint density at radius 2 is 2.14 bits per heavy atom. The standard InChI is InChI=1S/C15H16N4OS/c1-2-19-12-6-4-3-5-10(12)17-14(19)7-13(20)11-9-21-15(8-16)18-11/h3-6,9H,2,7-8,16H2,1H3. The Bertz CT molecular complexity index is 790. The third kappa shape index (κ3) is 2.59. The molecule has 0 saturated carbocycles. The van der Waals surface area contributed by atoms with Crippen molar-refractivity contribution in [3.63, 3.8) is 0 Å². The molecule has 0 aliphatic heterocycles. The summed E-state index contributed by atoms with van der Waals surface area (Å²) in [4.78, 5) is 21.1. The maximum Gasteiger partial charge on any atom is 0.189 e. The molecule has 0 radical (unpaired) electrons. The summed E-state index contributed by atoms with van der Waals surface area (Å²) in [6.45, 7) is 3.21. The van der Waals surface area contributed by atoms with Gasteiger partial charge < -0.3 is 10.3 Å². The molecule has 6 heteroatoms. The van der Waals surface area contributed by atoms with Crippen LogP contribution in [0.3, 0.4) is 0 Å². The number of benzene rings is 1. The van der Waals surface area contributed by atoms with E-state index in [1.165, 1.54) is 11.3 Å². The summed E-state index contributed by atoms with van der Waals surface area (Å²) < 4.78 is 2.07. The molecule has 3 aromatic rings. The molecule has 0 bridgehead atoms. The highest BCUT2D eigenvalue weighted by molar-refractivity contribution is 7.09. The molecule has 21 heavy (non-hydrogen) atoms. The summed E-state index contributed by atoms with van der Waals surface area (Å²) >= 11 is 1.42. The number of nitrogens with two attached hydrogens (primary N) is 1. The number of para-hydroxylation sites is 2. The Morgan fingerprint density at radius 3 is 2.86 bits per heavy atom. The molecule has 0 fully saturated rings. The number of hydrogen-bond acceptors (Lipinski definition) is 5. The smallest absolute Gasteiger partial charge is 0.189 e. The largest absolute Gasteiger partial charge is 0.328 e. The predicted molar refractivity (Wildman–Crippen MR) is 83.4 cm³/mol. The van der Waals surface area contributed by atoms with Crippen molar-refractivity contribution in [2.45, 2.75) is 26.4 Å². The zero-order valence-electron chi connectivity index (χ0n) is 11.7. The molecule has 5 nitrogen and oxygen atoms in total. The van der Waals surface area contributed by atoms with Crippen LogP contribution in [0, 0.1) is 0 Å². The normalized spacial score (nSPS) is 11.1. The third-order valence-electron chi connectivity index (χ3n) is 3.38. The maximum absolute atomic E-state index is 12.3. The van der Waals surface area contributed by atoms with Gasteiger partial charge in [0.05, 0.1) is 17.5 Å². The van der Waals surface area contributed by atoms with Crippen molar-refractivity contribution in [2.75, 3.05) is 0 Å². The summed E-state index contributed by atoms with van der Waals surface area (Å²) in [6.07, 6.45) is 0.260. The summed E-state index contributed by atoms with van der Waals surface area (Å²) in [7, 11) is 0. The summed E-state index contributed by atoms with van der Waals surface area (Å²) in [5.41, 5.74) is 7.99. The fourth-order valence-electron chi connectivity index (χ4n) is 2.38. The van der Waals surface area contributed by atoms with Gasteiger partial charge in [-0.3, -0.25) is 4.79 Å².